The number of likely N-dealkylation sites (tertiary alicyclic amines) is 1. The van der Waals surface area contributed by atoms with E-state index < -0.39 is 5.82 Å². The zero-order valence-corrected chi connectivity index (χ0v) is 16.7. The maximum Gasteiger partial charge on any atom is 0.257 e. The molecule has 0 radical (unpaired) electrons. The fraction of sp³-hybridized carbons (Fsp3) is 0.409. The normalized spacial score (nSPS) is 19.4. The number of hydrogen-bond donors (Lipinski definition) is 1. The number of piperidine rings is 1. The van der Waals surface area contributed by atoms with Gasteiger partial charge in [0, 0.05) is 32.4 Å². The number of ether oxygens (including phenoxy) is 1. The van der Waals surface area contributed by atoms with E-state index in [-0.39, 0.29) is 23.4 Å². The number of carbonyl (C=O) groups is 2. The Bertz CT molecular complexity index is 917. The van der Waals surface area contributed by atoms with E-state index in [1.54, 1.807) is 41.4 Å². The number of rotatable bonds is 4. The number of anilines is 2. The topological polar surface area (TPSA) is 74.8 Å². The third-order valence-electron chi connectivity index (χ3n) is 5.55. The number of benzene rings is 1. The summed E-state index contributed by atoms with van der Waals surface area (Å²) >= 11 is 0. The molecule has 0 spiro atoms. The monoisotopic (exact) mass is 412 g/mol. The van der Waals surface area contributed by atoms with Crippen molar-refractivity contribution in [2.45, 2.75) is 12.8 Å². The summed E-state index contributed by atoms with van der Waals surface area (Å²) in [5, 5.41) is 2.92. The van der Waals surface area contributed by atoms with Gasteiger partial charge in [-0.3, -0.25) is 9.59 Å². The summed E-state index contributed by atoms with van der Waals surface area (Å²) in [6.45, 7) is 3.28. The van der Waals surface area contributed by atoms with Gasteiger partial charge in [0.25, 0.3) is 5.91 Å². The van der Waals surface area contributed by atoms with Gasteiger partial charge < -0.3 is 19.9 Å². The fourth-order valence-corrected chi connectivity index (χ4v) is 3.94. The maximum atomic E-state index is 14.0. The highest BCUT2D eigenvalue weighted by Crippen LogP contribution is 2.25. The first-order valence-electron chi connectivity index (χ1n) is 10.3. The Morgan fingerprint density at radius 1 is 1.07 bits per heavy atom. The molecule has 2 amide bonds. The van der Waals surface area contributed by atoms with Gasteiger partial charge in [-0.2, -0.15) is 0 Å². The van der Waals surface area contributed by atoms with Crippen molar-refractivity contribution in [3.8, 4) is 0 Å². The molecule has 1 atom stereocenters. The molecule has 2 aromatic rings. The third kappa shape index (κ3) is 4.43. The number of pyridine rings is 1. The van der Waals surface area contributed by atoms with E-state index in [1.165, 1.54) is 6.07 Å². The number of nitrogens with zero attached hydrogens (tertiary/aromatic N) is 3. The molecule has 1 unspecified atom stereocenters. The molecule has 0 aliphatic carbocycles. The predicted molar refractivity (Wildman–Crippen MR) is 110 cm³/mol. The van der Waals surface area contributed by atoms with E-state index in [0.29, 0.717) is 50.8 Å². The zero-order chi connectivity index (χ0) is 20.9. The van der Waals surface area contributed by atoms with Crippen LogP contribution in [0.3, 0.4) is 0 Å². The van der Waals surface area contributed by atoms with Gasteiger partial charge >= 0.3 is 0 Å². The van der Waals surface area contributed by atoms with Crippen molar-refractivity contribution in [1.82, 2.24) is 14.8 Å². The Morgan fingerprint density at radius 2 is 1.87 bits per heavy atom. The first-order chi connectivity index (χ1) is 14.6. The summed E-state index contributed by atoms with van der Waals surface area (Å²) in [6.07, 6.45) is 3.09. The molecule has 1 N–H and O–H groups in total. The quantitative estimate of drug-likeness (QED) is 0.836. The van der Waals surface area contributed by atoms with Gasteiger partial charge in [-0.1, -0.05) is 12.1 Å². The Balaban J connectivity index is 1.49. The smallest absolute Gasteiger partial charge is 0.257 e. The predicted octanol–water partition coefficient (Wildman–Crippen LogP) is 2.68. The molecule has 7 nitrogen and oxygen atoms in total. The lowest BCUT2D eigenvalue weighted by Gasteiger charge is -2.36. The average Bonchev–Trinajstić information content (AvgIpc) is 2.80. The lowest BCUT2D eigenvalue weighted by molar-refractivity contribution is -0.141. The SMILES string of the molecule is O=C(c1cccnc1Nc1ccccc1F)N1CCCC(C(=O)N2CCOCC2)C1. The van der Waals surface area contributed by atoms with Crippen LogP contribution in [0.25, 0.3) is 0 Å². The molecular weight excluding hydrogens is 387 g/mol. The van der Waals surface area contributed by atoms with E-state index in [2.05, 4.69) is 10.3 Å². The van der Waals surface area contributed by atoms with Crippen LogP contribution < -0.4 is 5.32 Å². The minimum Gasteiger partial charge on any atom is -0.378 e. The molecule has 2 aliphatic rings. The first kappa shape index (κ1) is 20.3. The number of para-hydroxylation sites is 1. The second-order valence-corrected chi connectivity index (χ2v) is 7.53. The van der Waals surface area contributed by atoms with Crippen LogP contribution in [0.1, 0.15) is 23.2 Å². The fourth-order valence-electron chi connectivity index (χ4n) is 3.94. The lowest BCUT2D eigenvalue weighted by atomic mass is 9.95. The third-order valence-corrected chi connectivity index (χ3v) is 5.55. The molecular formula is C22H25FN4O3. The Kier molecular flexibility index (Phi) is 6.23. The Morgan fingerprint density at radius 3 is 2.67 bits per heavy atom. The van der Waals surface area contributed by atoms with Crippen molar-refractivity contribution in [3.05, 3.63) is 54.0 Å². The van der Waals surface area contributed by atoms with Crippen molar-refractivity contribution in [2.75, 3.05) is 44.7 Å². The van der Waals surface area contributed by atoms with Crippen LogP contribution in [0.15, 0.2) is 42.6 Å². The summed E-state index contributed by atoms with van der Waals surface area (Å²) < 4.78 is 19.4. The van der Waals surface area contributed by atoms with E-state index in [1.807, 2.05) is 4.90 Å². The first-order valence-corrected chi connectivity index (χ1v) is 10.3. The van der Waals surface area contributed by atoms with Gasteiger partial charge in [-0.25, -0.2) is 9.37 Å². The molecule has 1 aromatic heterocycles. The largest absolute Gasteiger partial charge is 0.378 e. The molecule has 0 saturated carbocycles. The van der Waals surface area contributed by atoms with Crippen LogP contribution >= 0.6 is 0 Å². The molecule has 4 rings (SSSR count). The van der Waals surface area contributed by atoms with Gasteiger partial charge in [-0.15, -0.1) is 0 Å². The molecule has 2 saturated heterocycles. The van der Waals surface area contributed by atoms with Crippen LogP contribution in [-0.2, 0) is 9.53 Å². The number of halogens is 1. The van der Waals surface area contributed by atoms with Gasteiger partial charge in [0.15, 0.2) is 0 Å². The second-order valence-electron chi connectivity index (χ2n) is 7.53. The molecule has 0 bridgehead atoms. The molecule has 2 fully saturated rings. The highest BCUT2D eigenvalue weighted by Gasteiger charge is 2.33. The summed E-state index contributed by atoms with van der Waals surface area (Å²) in [7, 11) is 0. The molecule has 30 heavy (non-hydrogen) atoms. The summed E-state index contributed by atoms with van der Waals surface area (Å²) in [5.41, 5.74) is 0.615. The molecule has 3 heterocycles. The van der Waals surface area contributed by atoms with Crippen LogP contribution in [0, 0.1) is 11.7 Å². The number of amides is 2. The van der Waals surface area contributed by atoms with Crippen molar-refractivity contribution < 1.29 is 18.7 Å². The maximum absolute atomic E-state index is 14.0. The number of nitrogens with one attached hydrogen (secondary N) is 1. The van der Waals surface area contributed by atoms with Gasteiger partial charge in [0.1, 0.15) is 11.6 Å². The summed E-state index contributed by atoms with van der Waals surface area (Å²) in [4.78, 5) is 33.9. The standard InChI is InChI=1S/C22H25FN4O3/c23-18-7-1-2-8-19(18)25-20-17(6-3-9-24-20)22(29)27-10-4-5-16(15-27)21(28)26-11-13-30-14-12-26/h1-3,6-9,16H,4-5,10-15H2,(H,24,25). The summed E-state index contributed by atoms with van der Waals surface area (Å²) in [6, 6.07) is 9.61. The van der Waals surface area contributed by atoms with Crippen LogP contribution in [0.2, 0.25) is 0 Å². The van der Waals surface area contributed by atoms with E-state index in [9.17, 15) is 14.0 Å². The second kappa shape index (κ2) is 9.21. The van der Waals surface area contributed by atoms with Crippen molar-refractivity contribution in [2.24, 2.45) is 5.92 Å². The molecule has 2 aliphatic heterocycles. The van der Waals surface area contributed by atoms with E-state index in [4.69, 9.17) is 4.74 Å². The van der Waals surface area contributed by atoms with Crippen molar-refractivity contribution in [1.29, 1.82) is 0 Å². The van der Waals surface area contributed by atoms with Gasteiger partial charge in [0.05, 0.1) is 30.4 Å². The number of aromatic nitrogens is 1. The molecule has 8 heteroatoms. The van der Waals surface area contributed by atoms with Crippen LogP contribution in [0.5, 0.6) is 0 Å². The van der Waals surface area contributed by atoms with Crippen molar-refractivity contribution >= 4 is 23.3 Å². The number of morpholine rings is 1. The van der Waals surface area contributed by atoms with E-state index in [0.717, 1.165) is 12.8 Å². The Hall–Kier alpha value is -3.00. The Labute approximate surface area is 174 Å². The van der Waals surface area contributed by atoms with Crippen LogP contribution in [-0.4, -0.2) is 66.0 Å². The minimum absolute atomic E-state index is 0.0895. The number of carbonyl (C=O) groups excluding carboxylic acids is 2. The minimum atomic E-state index is -0.421. The highest BCUT2D eigenvalue weighted by molar-refractivity contribution is 5.99. The lowest BCUT2D eigenvalue weighted by Crippen LogP contribution is -2.49. The molecule has 1 aromatic carbocycles. The van der Waals surface area contributed by atoms with Crippen molar-refractivity contribution in [3.63, 3.8) is 0 Å². The van der Waals surface area contributed by atoms with E-state index >= 15 is 0 Å². The van der Waals surface area contributed by atoms with Crippen LogP contribution in [0.4, 0.5) is 15.9 Å². The zero-order valence-electron chi connectivity index (χ0n) is 16.7. The van der Waals surface area contributed by atoms with Gasteiger partial charge in [0.2, 0.25) is 5.91 Å². The molecule has 158 valence electrons. The highest BCUT2D eigenvalue weighted by atomic mass is 19.1. The summed E-state index contributed by atoms with van der Waals surface area (Å²) in [5.74, 6) is -0.446. The average molecular weight is 412 g/mol. The van der Waals surface area contributed by atoms with Gasteiger partial charge in [-0.05, 0) is 37.1 Å². The number of hydrogen-bond acceptors (Lipinski definition) is 5.